The Kier molecular flexibility index (Phi) is 7.41. The van der Waals surface area contributed by atoms with E-state index < -0.39 is 0 Å². The van der Waals surface area contributed by atoms with E-state index in [1.165, 1.54) is 0 Å². The standard InChI is InChI=1S/C23H27N3O3S/c1-3-29-22(28)19-10-11-20(16(2)13-19)25-23(30)24-14-17-6-8-18(9-7-17)15-26-12-4-5-21(26)27/h6-11,13H,3-5,12,14-15H2,1-2H3,(H2,24,25,30). The van der Waals surface area contributed by atoms with Crippen molar-refractivity contribution in [3.63, 3.8) is 0 Å². The minimum atomic E-state index is -0.328. The lowest BCUT2D eigenvalue weighted by Gasteiger charge is -2.16. The molecule has 0 bridgehead atoms. The normalized spacial score (nSPS) is 13.3. The van der Waals surface area contributed by atoms with Crippen molar-refractivity contribution in [2.75, 3.05) is 18.5 Å². The van der Waals surface area contributed by atoms with Crippen LogP contribution in [0.15, 0.2) is 42.5 Å². The average molecular weight is 426 g/mol. The largest absolute Gasteiger partial charge is 0.462 e. The summed E-state index contributed by atoms with van der Waals surface area (Å²) in [5.74, 6) is -0.0897. The number of amides is 1. The van der Waals surface area contributed by atoms with Gasteiger partial charge in [0.1, 0.15) is 0 Å². The Hall–Kier alpha value is -2.93. The molecule has 0 unspecified atom stereocenters. The number of likely N-dealkylation sites (tertiary alicyclic amines) is 1. The summed E-state index contributed by atoms with van der Waals surface area (Å²) < 4.78 is 5.03. The summed E-state index contributed by atoms with van der Waals surface area (Å²) in [6, 6.07) is 13.5. The van der Waals surface area contributed by atoms with Crippen molar-refractivity contribution in [2.24, 2.45) is 0 Å². The van der Waals surface area contributed by atoms with E-state index in [9.17, 15) is 9.59 Å². The van der Waals surface area contributed by atoms with Crippen LogP contribution < -0.4 is 10.6 Å². The van der Waals surface area contributed by atoms with Crippen LogP contribution in [-0.4, -0.2) is 35.0 Å². The van der Waals surface area contributed by atoms with Gasteiger partial charge in [0.15, 0.2) is 5.11 Å². The minimum absolute atomic E-state index is 0.239. The molecule has 3 rings (SSSR count). The summed E-state index contributed by atoms with van der Waals surface area (Å²) in [6.07, 6.45) is 1.62. The Balaban J connectivity index is 1.49. The fraction of sp³-hybridized carbons (Fsp3) is 0.348. The number of esters is 1. The summed E-state index contributed by atoms with van der Waals surface area (Å²) in [4.78, 5) is 25.5. The zero-order valence-corrected chi connectivity index (χ0v) is 18.2. The highest BCUT2D eigenvalue weighted by Gasteiger charge is 2.19. The fourth-order valence-electron chi connectivity index (χ4n) is 3.35. The van der Waals surface area contributed by atoms with Gasteiger partial charge in [0.25, 0.3) is 0 Å². The van der Waals surface area contributed by atoms with Crippen molar-refractivity contribution in [1.29, 1.82) is 0 Å². The molecule has 0 saturated carbocycles. The van der Waals surface area contributed by atoms with E-state index in [1.807, 2.05) is 30.0 Å². The molecule has 158 valence electrons. The van der Waals surface area contributed by atoms with E-state index in [4.69, 9.17) is 17.0 Å². The van der Waals surface area contributed by atoms with Crippen LogP contribution in [0.2, 0.25) is 0 Å². The van der Waals surface area contributed by atoms with E-state index in [-0.39, 0.29) is 11.9 Å². The molecule has 0 atom stereocenters. The van der Waals surface area contributed by atoms with E-state index in [0.717, 1.165) is 35.3 Å². The van der Waals surface area contributed by atoms with Crippen molar-refractivity contribution in [3.05, 3.63) is 64.7 Å². The van der Waals surface area contributed by atoms with Crippen molar-refractivity contribution < 1.29 is 14.3 Å². The summed E-state index contributed by atoms with van der Waals surface area (Å²) in [5, 5.41) is 6.87. The molecule has 0 aromatic heterocycles. The van der Waals surface area contributed by atoms with Crippen LogP contribution in [-0.2, 0) is 22.6 Å². The molecule has 1 aliphatic rings. The molecular formula is C23H27N3O3S. The lowest BCUT2D eigenvalue weighted by molar-refractivity contribution is -0.128. The molecule has 7 heteroatoms. The lowest BCUT2D eigenvalue weighted by Crippen LogP contribution is -2.28. The number of carbonyl (C=O) groups excluding carboxylic acids is 2. The first kappa shape index (κ1) is 21.8. The molecule has 1 fully saturated rings. The molecule has 0 spiro atoms. The van der Waals surface area contributed by atoms with E-state index in [1.54, 1.807) is 19.1 Å². The van der Waals surface area contributed by atoms with Crippen LogP contribution in [0, 0.1) is 6.92 Å². The average Bonchev–Trinajstić information content (AvgIpc) is 3.13. The molecule has 2 N–H and O–H groups in total. The Labute approximate surface area is 182 Å². The molecule has 1 heterocycles. The zero-order chi connectivity index (χ0) is 21.5. The number of ether oxygens (including phenoxy) is 1. The predicted octanol–water partition coefficient (Wildman–Crippen LogP) is 3.78. The number of nitrogens with one attached hydrogen (secondary N) is 2. The summed E-state index contributed by atoms with van der Waals surface area (Å²) in [6.45, 7) is 6.16. The SMILES string of the molecule is CCOC(=O)c1ccc(NC(=S)NCc2ccc(CN3CCCC3=O)cc2)c(C)c1. The van der Waals surface area contributed by atoms with Crippen LogP contribution >= 0.6 is 12.2 Å². The van der Waals surface area contributed by atoms with Gasteiger partial charge in [-0.05, 0) is 67.4 Å². The number of benzene rings is 2. The topological polar surface area (TPSA) is 70.7 Å². The monoisotopic (exact) mass is 425 g/mol. The van der Waals surface area contributed by atoms with Gasteiger partial charge in [-0.1, -0.05) is 24.3 Å². The van der Waals surface area contributed by atoms with Crippen LogP contribution in [0.5, 0.6) is 0 Å². The lowest BCUT2D eigenvalue weighted by atomic mass is 10.1. The number of anilines is 1. The van der Waals surface area contributed by atoms with Gasteiger partial charge >= 0.3 is 5.97 Å². The van der Waals surface area contributed by atoms with Crippen LogP contribution in [0.3, 0.4) is 0 Å². The van der Waals surface area contributed by atoms with E-state index in [0.29, 0.717) is 36.8 Å². The van der Waals surface area contributed by atoms with Gasteiger partial charge in [-0.2, -0.15) is 0 Å². The first-order chi connectivity index (χ1) is 14.5. The van der Waals surface area contributed by atoms with Gasteiger partial charge in [-0.25, -0.2) is 4.79 Å². The minimum Gasteiger partial charge on any atom is -0.462 e. The maximum absolute atomic E-state index is 11.8. The number of aryl methyl sites for hydroxylation is 1. The number of hydrogen-bond donors (Lipinski definition) is 2. The number of rotatable bonds is 7. The Bertz CT molecular complexity index is 928. The molecule has 2 aromatic rings. The van der Waals surface area contributed by atoms with Crippen LogP contribution in [0.25, 0.3) is 0 Å². The highest BCUT2D eigenvalue weighted by Crippen LogP contribution is 2.18. The third kappa shape index (κ3) is 5.79. The van der Waals surface area contributed by atoms with E-state index in [2.05, 4.69) is 22.8 Å². The second-order valence-electron chi connectivity index (χ2n) is 7.29. The van der Waals surface area contributed by atoms with Crippen molar-refractivity contribution in [1.82, 2.24) is 10.2 Å². The van der Waals surface area contributed by atoms with E-state index >= 15 is 0 Å². The Morgan fingerprint density at radius 3 is 2.53 bits per heavy atom. The van der Waals surface area contributed by atoms with Crippen molar-refractivity contribution in [2.45, 2.75) is 39.8 Å². The third-order valence-corrected chi connectivity index (χ3v) is 5.25. The van der Waals surface area contributed by atoms with Crippen LogP contribution in [0.4, 0.5) is 5.69 Å². The first-order valence-electron chi connectivity index (χ1n) is 10.1. The van der Waals surface area contributed by atoms with Gasteiger partial charge in [-0.15, -0.1) is 0 Å². The highest BCUT2D eigenvalue weighted by molar-refractivity contribution is 7.80. The molecule has 1 amide bonds. The molecule has 1 aliphatic heterocycles. The van der Waals surface area contributed by atoms with Crippen LogP contribution in [0.1, 0.15) is 46.8 Å². The molecule has 1 saturated heterocycles. The predicted molar refractivity (Wildman–Crippen MR) is 121 cm³/mol. The van der Waals surface area contributed by atoms with Gasteiger partial charge < -0.3 is 20.3 Å². The zero-order valence-electron chi connectivity index (χ0n) is 17.4. The second-order valence-corrected chi connectivity index (χ2v) is 7.70. The third-order valence-electron chi connectivity index (χ3n) is 5.01. The maximum Gasteiger partial charge on any atom is 0.338 e. The molecule has 2 aromatic carbocycles. The molecular weight excluding hydrogens is 398 g/mol. The second kappa shape index (κ2) is 10.2. The number of carbonyl (C=O) groups is 2. The van der Waals surface area contributed by atoms with Gasteiger partial charge in [-0.3, -0.25) is 4.79 Å². The molecule has 6 nitrogen and oxygen atoms in total. The van der Waals surface area contributed by atoms with Gasteiger partial charge in [0, 0.05) is 31.7 Å². The highest BCUT2D eigenvalue weighted by atomic mass is 32.1. The molecule has 30 heavy (non-hydrogen) atoms. The Morgan fingerprint density at radius 1 is 1.17 bits per heavy atom. The number of thiocarbonyl (C=S) groups is 1. The quantitative estimate of drug-likeness (QED) is 0.520. The van der Waals surface area contributed by atoms with Gasteiger partial charge in [0.05, 0.1) is 12.2 Å². The summed E-state index contributed by atoms with van der Waals surface area (Å²) >= 11 is 5.40. The first-order valence-corrected chi connectivity index (χ1v) is 10.6. The molecule has 0 aliphatic carbocycles. The number of nitrogens with zero attached hydrogens (tertiary/aromatic N) is 1. The maximum atomic E-state index is 11.8. The van der Waals surface area contributed by atoms with Crippen molar-refractivity contribution in [3.8, 4) is 0 Å². The Morgan fingerprint density at radius 2 is 1.90 bits per heavy atom. The van der Waals surface area contributed by atoms with Gasteiger partial charge in [0.2, 0.25) is 5.91 Å². The van der Waals surface area contributed by atoms with Crippen molar-refractivity contribution >= 4 is 34.9 Å². The number of hydrogen-bond acceptors (Lipinski definition) is 4. The summed E-state index contributed by atoms with van der Waals surface area (Å²) in [7, 11) is 0. The smallest absolute Gasteiger partial charge is 0.338 e. The molecule has 0 radical (unpaired) electrons. The fourth-order valence-corrected chi connectivity index (χ4v) is 3.53. The summed E-state index contributed by atoms with van der Waals surface area (Å²) in [5.41, 5.74) is 4.50.